The molecule has 0 radical (unpaired) electrons. The van der Waals surface area contributed by atoms with Crippen LogP contribution in [0.25, 0.3) is 0 Å². The predicted octanol–water partition coefficient (Wildman–Crippen LogP) is 1.41. The van der Waals surface area contributed by atoms with Gasteiger partial charge in [0.1, 0.15) is 6.07 Å². The molecule has 60 valence electrons. The largest absolute Gasteiger partial charge is 0.489 e. The van der Waals surface area contributed by atoms with E-state index in [1.807, 2.05) is 6.92 Å². The summed E-state index contributed by atoms with van der Waals surface area (Å²) < 4.78 is 4.87. The molecule has 0 saturated heterocycles. The van der Waals surface area contributed by atoms with Crippen LogP contribution in [-0.2, 0) is 9.53 Å². The Labute approximate surface area is 66.3 Å². The standard InChI is InChI=1S/C8H11NO2/c1-3-4-5-11-7(2)8(10)6-9/h2-5H2,1H3. The molecule has 0 heterocycles. The van der Waals surface area contributed by atoms with Crippen molar-refractivity contribution in [1.82, 2.24) is 0 Å². The molecule has 0 N–H and O–H groups in total. The monoisotopic (exact) mass is 153 g/mol. The SMILES string of the molecule is C=C(OCCCC)C(=O)C#N. The van der Waals surface area contributed by atoms with Gasteiger partial charge in [0.25, 0.3) is 5.78 Å². The first kappa shape index (κ1) is 9.70. The van der Waals surface area contributed by atoms with E-state index in [1.54, 1.807) is 0 Å². The molecule has 3 heteroatoms. The van der Waals surface area contributed by atoms with Gasteiger partial charge in [0, 0.05) is 0 Å². The number of hydrogen-bond donors (Lipinski definition) is 0. The van der Waals surface area contributed by atoms with Gasteiger partial charge in [-0.3, -0.25) is 4.79 Å². The fraction of sp³-hybridized carbons (Fsp3) is 0.500. The minimum Gasteiger partial charge on any atom is -0.489 e. The molecule has 0 aromatic heterocycles. The van der Waals surface area contributed by atoms with Crippen LogP contribution < -0.4 is 0 Å². The van der Waals surface area contributed by atoms with E-state index in [9.17, 15) is 4.79 Å². The zero-order chi connectivity index (χ0) is 8.69. The van der Waals surface area contributed by atoms with Crippen molar-refractivity contribution in [3.63, 3.8) is 0 Å². The van der Waals surface area contributed by atoms with Crippen molar-refractivity contribution in [2.24, 2.45) is 0 Å². The van der Waals surface area contributed by atoms with Crippen molar-refractivity contribution in [2.75, 3.05) is 6.61 Å². The molecule has 0 unspecified atom stereocenters. The van der Waals surface area contributed by atoms with Crippen LogP contribution in [0.1, 0.15) is 19.8 Å². The first-order valence-electron chi connectivity index (χ1n) is 3.48. The van der Waals surface area contributed by atoms with Gasteiger partial charge in [0.05, 0.1) is 6.61 Å². The van der Waals surface area contributed by atoms with Crippen molar-refractivity contribution in [3.8, 4) is 6.07 Å². The lowest BCUT2D eigenvalue weighted by Crippen LogP contribution is -2.03. The minimum atomic E-state index is -0.693. The molecular weight excluding hydrogens is 142 g/mol. The summed E-state index contributed by atoms with van der Waals surface area (Å²) >= 11 is 0. The van der Waals surface area contributed by atoms with Crippen LogP contribution in [0, 0.1) is 11.3 Å². The Bertz CT molecular complexity index is 191. The normalized spacial score (nSPS) is 8.36. The van der Waals surface area contributed by atoms with Gasteiger partial charge in [-0.1, -0.05) is 19.9 Å². The average molecular weight is 153 g/mol. The lowest BCUT2D eigenvalue weighted by Gasteiger charge is -2.02. The van der Waals surface area contributed by atoms with Gasteiger partial charge in [-0.2, -0.15) is 5.26 Å². The predicted molar refractivity (Wildman–Crippen MR) is 40.6 cm³/mol. The second-order valence-electron chi connectivity index (χ2n) is 2.07. The molecule has 0 rings (SSSR count). The van der Waals surface area contributed by atoms with Crippen LogP contribution in [0.5, 0.6) is 0 Å². The van der Waals surface area contributed by atoms with Crippen LogP contribution in [-0.4, -0.2) is 12.4 Å². The van der Waals surface area contributed by atoms with Gasteiger partial charge in [-0.15, -0.1) is 0 Å². The van der Waals surface area contributed by atoms with Gasteiger partial charge in [0.15, 0.2) is 5.76 Å². The molecule has 11 heavy (non-hydrogen) atoms. The molecule has 0 aliphatic carbocycles. The number of nitrogens with zero attached hydrogens (tertiary/aromatic N) is 1. The number of unbranched alkanes of at least 4 members (excludes halogenated alkanes) is 1. The van der Waals surface area contributed by atoms with Crippen molar-refractivity contribution in [2.45, 2.75) is 19.8 Å². The molecule has 0 bridgehead atoms. The zero-order valence-electron chi connectivity index (χ0n) is 6.59. The van der Waals surface area contributed by atoms with Crippen molar-refractivity contribution in [3.05, 3.63) is 12.3 Å². The van der Waals surface area contributed by atoms with E-state index >= 15 is 0 Å². The number of carbonyl (C=O) groups is 1. The summed E-state index contributed by atoms with van der Waals surface area (Å²) in [6.45, 7) is 5.78. The van der Waals surface area contributed by atoms with Gasteiger partial charge >= 0.3 is 0 Å². The first-order chi connectivity index (χ1) is 5.22. The highest BCUT2D eigenvalue weighted by atomic mass is 16.5. The lowest BCUT2D eigenvalue weighted by atomic mass is 10.3. The number of rotatable bonds is 5. The lowest BCUT2D eigenvalue weighted by molar-refractivity contribution is -0.113. The topological polar surface area (TPSA) is 50.1 Å². The van der Waals surface area contributed by atoms with Crippen LogP contribution in [0.3, 0.4) is 0 Å². The molecule has 0 aliphatic heterocycles. The molecule has 0 aliphatic rings. The Hall–Kier alpha value is -1.30. The number of carbonyl (C=O) groups excluding carboxylic acids is 1. The van der Waals surface area contributed by atoms with Crippen molar-refractivity contribution < 1.29 is 9.53 Å². The van der Waals surface area contributed by atoms with E-state index < -0.39 is 5.78 Å². The number of ketones is 1. The maximum Gasteiger partial charge on any atom is 0.295 e. The second-order valence-corrected chi connectivity index (χ2v) is 2.07. The smallest absolute Gasteiger partial charge is 0.295 e. The fourth-order valence-corrected chi connectivity index (χ4v) is 0.468. The summed E-state index contributed by atoms with van der Waals surface area (Å²) in [5.74, 6) is -0.748. The third-order valence-corrected chi connectivity index (χ3v) is 1.13. The quantitative estimate of drug-likeness (QED) is 0.259. The van der Waals surface area contributed by atoms with Gasteiger partial charge in [0.2, 0.25) is 0 Å². The Morgan fingerprint density at radius 2 is 2.36 bits per heavy atom. The molecule has 0 spiro atoms. The minimum absolute atomic E-state index is 0.0547. The molecule has 0 fully saturated rings. The van der Waals surface area contributed by atoms with Crippen molar-refractivity contribution in [1.29, 1.82) is 5.26 Å². The van der Waals surface area contributed by atoms with Gasteiger partial charge in [-0.05, 0) is 6.42 Å². The summed E-state index contributed by atoms with van der Waals surface area (Å²) in [4.78, 5) is 10.5. The van der Waals surface area contributed by atoms with E-state index in [0.29, 0.717) is 6.61 Å². The van der Waals surface area contributed by atoms with Gasteiger partial charge < -0.3 is 4.74 Å². The number of Topliss-reactive ketones (excluding diaryl/α,β-unsaturated/α-hetero) is 1. The van der Waals surface area contributed by atoms with Crippen LogP contribution in [0.4, 0.5) is 0 Å². The molecule has 0 saturated carbocycles. The number of nitriles is 1. The Balaban J connectivity index is 3.55. The van der Waals surface area contributed by atoms with Crippen LogP contribution in [0.15, 0.2) is 12.3 Å². The maximum absolute atomic E-state index is 10.5. The molecule has 0 aromatic carbocycles. The highest BCUT2D eigenvalue weighted by molar-refractivity contribution is 6.04. The van der Waals surface area contributed by atoms with E-state index in [4.69, 9.17) is 10.00 Å². The highest BCUT2D eigenvalue weighted by Crippen LogP contribution is 1.97. The summed E-state index contributed by atoms with van der Waals surface area (Å²) in [5, 5.41) is 8.12. The molecule has 0 amide bonds. The summed E-state index contributed by atoms with van der Waals surface area (Å²) in [5.41, 5.74) is 0. The van der Waals surface area contributed by atoms with E-state index in [2.05, 4.69) is 6.58 Å². The summed E-state index contributed by atoms with van der Waals surface area (Å²) in [6.07, 6.45) is 1.87. The van der Waals surface area contributed by atoms with E-state index in [0.717, 1.165) is 12.8 Å². The third-order valence-electron chi connectivity index (χ3n) is 1.13. The van der Waals surface area contributed by atoms with Gasteiger partial charge in [-0.25, -0.2) is 0 Å². The Morgan fingerprint density at radius 1 is 1.73 bits per heavy atom. The maximum atomic E-state index is 10.5. The van der Waals surface area contributed by atoms with Crippen molar-refractivity contribution >= 4 is 5.78 Å². The van der Waals surface area contributed by atoms with Crippen LogP contribution >= 0.6 is 0 Å². The second kappa shape index (κ2) is 5.48. The number of allylic oxidation sites excluding steroid dienone is 1. The van der Waals surface area contributed by atoms with E-state index in [-0.39, 0.29) is 5.76 Å². The first-order valence-corrected chi connectivity index (χ1v) is 3.48. The fourth-order valence-electron chi connectivity index (χ4n) is 0.468. The Morgan fingerprint density at radius 3 is 2.82 bits per heavy atom. The zero-order valence-corrected chi connectivity index (χ0v) is 6.59. The number of ether oxygens (including phenoxy) is 1. The van der Waals surface area contributed by atoms with Crippen LogP contribution in [0.2, 0.25) is 0 Å². The third kappa shape index (κ3) is 4.15. The van der Waals surface area contributed by atoms with E-state index in [1.165, 1.54) is 6.07 Å². The molecular formula is C8H11NO2. The summed E-state index contributed by atoms with van der Waals surface area (Å²) in [7, 11) is 0. The number of hydrogen-bond acceptors (Lipinski definition) is 3. The average Bonchev–Trinajstić information content (AvgIpc) is 2.03. The molecule has 3 nitrogen and oxygen atoms in total. The highest BCUT2D eigenvalue weighted by Gasteiger charge is 2.04. The molecule has 0 atom stereocenters. The molecule has 0 aromatic rings. The Kier molecular flexibility index (Phi) is 4.83. The summed E-state index contributed by atoms with van der Waals surface area (Å²) in [6, 6.07) is 1.43.